The van der Waals surface area contributed by atoms with Crippen LogP contribution in [0.4, 0.5) is 14.9 Å². The van der Waals surface area contributed by atoms with Crippen LogP contribution in [-0.4, -0.2) is 24.5 Å². The average molecular weight is 621 g/mol. The number of barbiturate groups is 1. The molecule has 1 aliphatic heterocycles. The predicted molar refractivity (Wildman–Crippen MR) is 142 cm³/mol. The van der Waals surface area contributed by atoms with Gasteiger partial charge in [-0.05, 0) is 77.6 Å². The van der Waals surface area contributed by atoms with Crippen molar-refractivity contribution in [3.63, 3.8) is 0 Å². The lowest BCUT2D eigenvalue weighted by molar-refractivity contribution is -0.122. The Hall–Kier alpha value is -3.44. The lowest BCUT2D eigenvalue weighted by atomic mass is 10.1. The Bertz CT molecular complexity index is 1390. The molecule has 1 saturated heterocycles. The second kappa shape index (κ2) is 11.1. The molecule has 0 unspecified atom stereocenters. The number of rotatable bonds is 7. The molecule has 7 nitrogen and oxygen atoms in total. The number of anilines is 1. The molecule has 0 bridgehead atoms. The summed E-state index contributed by atoms with van der Waals surface area (Å²) in [4.78, 5) is 39.0. The van der Waals surface area contributed by atoms with E-state index >= 15 is 0 Å². The first-order valence-corrected chi connectivity index (χ1v) is 12.2. The summed E-state index contributed by atoms with van der Waals surface area (Å²) in [5, 5.41) is 2.51. The van der Waals surface area contributed by atoms with Gasteiger partial charge in [-0.25, -0.2) is 14.1 Å². The molecule has 184 valence electrons. The number of nitrogens with one attached hydrogen (secondary N) is 1. The maximum Gasteiger partial charge on any atom is 0.335 e. The average Bonchev–Trinajstić information content (AvgIpc) is 2.82. The molecule has 0 saturated carbocycles. The first kappa shape index (κ1) is 25.6. The van der Waals surface area contributed by atoms with Crippen molar-refractivity contribution in [1.82, 2.24) is 5.32 Å². The van der Waals surface area contributed by atoms with Crippen molar-refractivity contribution >= 4 is 63.8 Å². The van der Waals surface area contributed by atoms with Gasteiger partial charge < -0.3 is 9.47 Å². The number of carbonyl (C=O) groups excluding carboxylic acids is 3. The molecule has 1 aliphatic rings. The van der Waals surface area contributed by atoms with E-state index < -0.39 is 17.8 Å². The quantitative estimate of drug-likeness (QED) is 0.207. The fourth-order valence-corrected chi connectivity index (χ4v) is 4.48. The number of hydrogen-bond acceptors (Lipinski definition) is 5. The number of hydrogen-bond donors (Lipinski definition) is 1. The highest BCUT2D eigenvalue weighted by Gasteiger charge is 2.37. The smallest absolute Gasteiger partial charge is 0.335 e. The van der Waals surface area contributed by atoms with Crippen molar-refractivity contribution in [3.8, 4) is 11.5 Å². The van der Waals surface area contributed by atoms with E-state index in [1.165, 1.54) is 24.3 Å². The topological polar surface area (TPSA) is 84.9 Å². The summed E-state index contributed by atoms with van der Waals surface area (Å²) in [6.07, 6.45) is 1.37. The standard InChI is InChI=1S/C26H19ClFIN2O5/c1-2-35-22-12-15(11-21(29)23(22)36-14-16-6-3-4-9-20(16)28)10-19-24(32)30-26(34)31(25(19)33)18-8-5-7-17(27)13-18/h3-13H,2,14H2,1H3,(H,30,32,34)/b19-10+. The van der Waals surface area contributed by atoms with E-state index in [0.29, 0.717) is 37.8 Å². The Morgan fingerprint density at radius 1 is 1.06 bits per heavy atom. The molecule has 0 aromatic heterocycles. The summed E-state index contributed by atoms with van der Waals surface area (Å²) >= 11 is 8.04. The molecular formula is C26H19ClFIN2O5. The molecule has 0 radical (unpaired) electrons. The van der Waals surface area contributed by atoms with Crippen LogP contribution in [0.3, 0.4) is 0 Å². The van der Waals surface area contributed by atoms with Crippen LogP contribution in [0.15, 0.2) is 66.2 Å². The van der Waals surface area contributed by atoms with Gasteiger partial charge >= 0.3 is 6.03 Å². The maximum atomic E-state index is 14.0. The van der Waals surface area contributed by atoms with Crippen molar-refractivity contribution in [1.29, 1.82) is 0 Å². The monoisotopic (exact) mass is 620 g/mol. The third-order valence-corrected chi connectivity index (χ3v) is 6.18. The Balaban J connectivity index is 1.67. The van der Waals surface area contributed by atoms with Crippen LogP contribution in [0.25, 0.3) is 6.08 Å². The molecule has 4 amide bonds. The zero-order chi connectivity index (χ0) is 25.8. The van der Waals surface area contributed by atoms with Gasteiger partial charge in [0, 0.05) is 10.6 Å². The van der Waals surface area contributed by atoms with E-state index in [1.54, 1.807) is 49.4 Å². The number of urea groups is 1. The number of nitrogens with zero attached hydrogens (tertiary/aromatic N) is 1. The maximum absolute atomic E-state index is 14.0. The molecule has 1 N–H and O–H groups in total. The fraction of sp³-hybridized carbons (Fsp3) is 0.115. The third-order valence-electron chi connectivity index (χ3n) is 5.14. The molecule has 3 aromatic carbocycles. The van der Waals surface area contributed by atoms with Gasteiger partial charge in [0.1, 0.15) is 18.0 Å². The number of halogens is 3. The summed E-state index contributed by atoms with van der Waals surface area (Å²) in [5.74, 6) is -1.24. The van der Waals surface area contributed by atoms with Crippen LogP contribution in [0.5, 0.6) is 11.5 Å². The second-order valence-electron chi connectivity index (χ2n) is 7.58. The summed E-state index contributed by atoms with van der Waals surface area (Å²) in [7, 11) is 0. The van der Waals surface area contributed by atoms with Crippen LogP contribution in [0, 0.1) is 9.39 Å². The van der Waals surface area contributed by atoms with E-state index in [2.05, 4.69) is 5.32 Å². The van der Waals surface area contributed by atoms with Crippen molar-refractivity contribution < 1.29 is 28.2 Å². The molecule has 1 heterocycles. The van der Waals surface area contributed by atoms with Gasteiger partial charge in [-0.2, -0.15) is 0 Å². The minimum atomic E-state index is -0.870. The Labute approximate surface area is 225 Å². The van der Waals surface area contributed by atoms with Crippen LogP contribution < -0.4 is 19.7 Å². The zero-order valence-electron chi connectivity index (χ0n) is 18.9. The van der Waals surface area contributed by atoms with Crippen molar-refractivity contribution in [2.75, 3.05) is 11.5 Å². The van der Waals surface area contributed by atoms with Gasteiger partial charge in [-0.3, -0.25) is 14.9 Å². The van der Waals surface area contributed by atoms with E-state index in [0.717, 1.165) is 4.90 Å². The SMILES string of the molecule is CCOc1cc(/C=C2\C(=O)NC(=O)N(c3cccc(Cl)c3)C2=O)cc(I)c1OCc1ccccc1F. The molecule has 3 aromatic rings. The minimum Gasteiger partial charge on any atom is -0.490 e. The van der Waals surface area contributed by atoms with Crippen molar-refractivity contribution in [2.45, 2.75) is 13.5 Å². The molecule has 1 fully saturated rings. The highest BCUT2D eigenvalue weighted by atomic mass is 127. The summed E-state index contributed by atoms with van der Waals surface area (Å²) < 4.78 is 26.2. The predicted octanol–water partition coefficient (Wildman–Crippen LogP) is 5.73. The molecule has 10 heteroatoms. The Kier molecular flexibility index (Phi) is 7.90. The highest BCUT2D eigenvalue weighted by molar-refractivity contribution is 14.1. The van der Waals surface area contributed by atoms with Crippen molar-refractivity contribution in [3.05, 3.63) is 91.8 Å². The molecule has 0 atom stereocenters. The van der Waals surface area contributed by atoms with E-state index in [4.69, 9.17) is 21.1 Å². The molecule has 36 heavy (non-hydrogen) atoms. The van der Waals surface area contributed by atoms with Crippen molar-refractivity contribution in [2.24, 2.45) is 0 Å². The number of amides is 4. The summed E-state index contributed by atoms with van der Waals surface area (Å²) in [6, 6.07) is 14.9. The number of benzene rings is 3. The minimum absolute atomic E-state index is 0.0131. The van der Waals surface area contributed by atoms with Crippen LogP contribution in [0.1, 0.15) is 18.1 Å². The first-order valence-electron chi connectivity index (χ1n) is 10.8. The second-order valence-corrected chi connectivity index (χ2v) is 9.18. The fourth-order valence-electron chi connectivity index (χ4n) is 3.51. The molecule has 4 rings (SSSR count). The zero-order valence-corrected chi connectivity index (χ0v) is 21.8. The van der Waals surface area contributed by atoms with Gasteiger partial charge in [0.15, 0.2) is 11.5 Å². The van der Waals surface area contributed by atoms with E-state index in [9.17, 15) is 18.8 Å². The summed E-state index contributed by atoms with van der Waals surface area (Å²) in [5.41, 5.74) is 0.843. The Morgan fingerprint density at radius 2 is 1.83 bits per heavy atom. The van der Waals surface area contributed by atoms with Crippen LogP contribution in [0.2, 0.25) is 5.02 Å². The van der Waals surface area contributed by atoms with E-state index in [1.807, 2.05) is 22.6 Å². The van der Waals surface area contributed by atoms with E-state index in [-0.39, 0.29) is 23.7 Å². The molecule has 0 spiro atoms. The van der Waals surface area contributed by atoms with Gasteiger partial charge in [0.25, 0.3) is 11.8 Å². The van der Waals surface area contributed by atoms with Crippen LogP contribution in [-0.2, 0) is 16.2 Å². The first-order chi connectivity index (χ1) is 17.3. The number of carbonyl (C=O) groups is 3. The lowest BCUT2D eigenvalue weighted by Gasteiger charge is -2.26. The normalized spacial score (nSPS) is 14.7. The summed E-state index contributed by atoms with van der Waals surface area (Å²) in [6.45, 7) is 2.11. The highest BCUT2D eigenvalue weighted by Crippen LogP contribution is 2.36. The molecular weight excluding hydrogens is 602 g/mol. The van der Waals surface area contributed by atoms with Gasteiger partial charge in [-0.1, -0.05) is 35.9 Å². The number of imide groups is 2. The lowest BCUT2D eigenvalue weighted by Crippen LogP contribution is -2.54. The Morgan fingerprint density at radius 3 is 2.56 bits per heavy atom. The van der Waals surface area contributed by atoms with Crippen LogP contribution >= 0.6 is 34.2 Å². The third kappa shape index (κ3) is 5.52. The molecule has 0 aliphatic carbocycles. The number of ether oxygens (including phenoxy) is 2. The van der Waals surface area contributed by atoms with Gasteiger partial charge in [0.05, 0.1) is 15.9 Å². The van der Waals surface area contributed by atoms with Gasteiger partial charge in [0.2, 0.25) is 0 Å². The largest absolute Gasteiger partial charge is 0.490 e. The van der Waals surface area contributed by atoms with Gasteiger partial charge in [-0.15, -0.1) is 0 Å².